The van der Waals surface area contributed by atoms with Gasteiger partial charge in [-0.15, -0.1) is 0 Å². The van der Waals surface area contributed by atoms with Gasteiger partial charge in [0, 0.05) is 16.8 Å². The monoisotopic (exact) mass is 737 g/mol. The molecule has 1 heteroatoms. The molecule has 0 atom stereocenters. The van der Waals surface area contributed by atoms with Crippen molar-refractivity contribution in [1.29, 1.82) is 0 Å². The number of para-hydroxylation sites is 1. The van der Waals surface area contributed by atoms with Gasteiger partial charge in [-0.1, -0.05) is 206 Å². The molecule has 1 nitrogen and oxygen atoms in total. The maximum Gasteiger partial charge on any atom is 0.0714 e. The normalized spacial score (nSPS) is 12.6. The van der Waals surface area contributed by atoms with Gasteiger partial charge in [0.1, 0.15) is 0 Å². The molecule has 11 rings (SSSR count). The van der Waals surface area contributed by atoms with E-state index in [1.54, 1.807) is 0 Å². The van der Waals surface area contributed by atoms with Crippen LogP contribution in [0.25, 0.3) is 54.9 Å². The van der Waals surface area contributed by atoms with Crippen molar-refractivity contribution in [2.75, 3.05) is 4.90 Å². The SMILES string of the molecule is c1ccc(-c2ccc(N(c3ccccc3-c3cc4ccccc4c4ccccc34)c3cccc4c3-c3ccccc3C4(c3ccccc3)c3ccccc3)cc2)cc1. The lowest BCUT2D eigenvalue weighted by molar-refractivity contribution is 0.768. The molecule has 10 aromatic carbocycles. The highest BCUT2D eigenvalue weighted by Gasteiger charge is 2.47. The molecule has 272 valence electrons. The number of hydrogen-bond acceptors (Lipinski definition) is 1. The Morgan fingerprint density at radius 2 is 0.828 bits per heavy atom. The molecule has 0 unspecified atom stereocenters. The Bertz CT molecular complexity index is 3050. The molecular weight excluding hydrogens is 699 g/mol. The van der Waals surface area contributed by atoms with Crippen molar-refractivity contribution < 1.29 is 0 Å². The Morgan fingerprint density at radius 1 is 0.310 bits per heavy atom. The summed E-state index contributed by atoms with van der Waals surface area (Å²) in [6, 6.07) is 86.9. The highest BCUT2D eigenvalue weighted by molar-refractivity contribution is 6.15. The van der Waals surface area contributed by atoms with Crippen LogP contribution in [-0.4, -0.2) is 0 Å². The maximum absolute atomic E-state index is 2.51. The third-order valence-corrected chi connectivity index (χ3v) is 12.1. The average molecular weight is 738 g/mol. The van der Waals surface area contributed by atoms with Crippen molar-refractivity contribution in [1.82, 2.24) is 0 Å². The molecule has 0 saturated heterocycles. The summed E-state index contributed by atoms with van der Waals surface area (Å²) in [7, 11) is 0. The Balaban J connectivity index is 1.22. The standard InChI is InChI=1S/C57H39N/c1-4-19-40(20-5-1)41-35-37-45(38-36-41)58(54-33-17-15-29-49(54)51-39-42-21-10-11-26-46(42)47-27-12-13-28-48(47)51)55-34-18-32-53-56(55)50-30-14-16-31-52(50)57(53,43-22-6-2-7-23-43)44-24-8-3-9-25-44/h1-39H. The molecule has 0 radical (unpaired) electrons. The average Bonchev–Trinajstić information content (AvgIpc) is 3.62. The minimum absolute atomic E-state index is 0.513. The van der Waals surface area contributed by atoms with Gasteiger partial charge >= 0.3 is 0 Å². The number of fused-ring (bicyclic) bond motifs is 6. The predicted octanol–water partition coefficient (Wildman–Crippen LogP) is 15.2. The van der Waals surface area contributed by atoms with Crippen LogP contribution in [-0.2, 0) is 5.41 Å². The molecule has 0 N–H and O–H groups in total. The first-order valence-electron chi connectivity index (χ1n) is 20.1. The van der Waals surface area contributed by atoms with Gasteiger partial charge in [0.05, 0.1) is 16.8 Å². The van der Waals surface area contributed by atoms with E-state index in [1.807, 2.05) is 0 Å². The van der Waals surface area contributed by atoms with E-state index in [2.05, 4.69) is 241 Å². The first-order valence-corrected chi connectivity index (χ1v) is 20.1. The van der Waals surface area contributed by atoms with Crippen LogP contribution < -0.4 is 4.90 Å². The topological polar surface area (TPSA) is 3.24 Å². The van der Waals surface area contributed by atoms with Crippen molar-refractivity contribution in [2.45, 2.75) is 5.41 Å². The van der Waals surface area contributed by atoms with Gasteiger partial charge in [0.2, 0.25) is 0 Å². The van der Waals surface area contributed by atoms with Gasteiger partial charge in [-0.2, -0.15) is 0 Å². The fraction of sp³-hybridized carbons (Fsp3) is 0.0175. The molecule has 1 aliphatic rings. The number of benzene rings is 10. The van der Waals surface area contributed by atoms with Crippen LogP contribution >= 0.6 is 0 Å². The lowest BCUT2D eigenvalue weighted by Gasteiger charge is -2.34. The van der Waals surface area contributed by atoms with E-state index in [1.165, 1.54) is 77.2 Å². The van der Waals surface area contributed by atoms with Crippen molar-refractivity contribution in [3.63, 3.8) is 0 Å². The highest BCUT2D eigenvalue weighted by atomic mass is 15.1. The van der Waals surface area contributed by atoms with Crippen LogP contribution in [0.1, 0.15) is 22.3 Å². The van der Waals surface area contributed by atoms with E-state index in [4.69, 9.17) is 0 Å². The number of rotatable bonds is 7. The van der Waals surface area contributed by atoms with Crippen LogP contribution in [0.15, 0.2) is 237 Å². The first-order chi connectivity index (χ1) is 28.8. The molecule has 0 spiro atoms. The molecule has 0 heterocycles. The minimum atomic E-state index is -0.513. The van der Waals surface area contributed by atoms with Gasteiger partial charge < -0.3 is 4.90 Å². The molecule has 10 aromatic rings. The summed E-state index contributed by atoms with van der Waals surface area (Å²) in [5.74, 6) is 0. The van der Waals surface area contributed by atoms with E-state index in [9.17, 15) is 0 Å². The zero-order valence-electron chi connectivity index (χ0n) is 32.0. The second-order valence-corrected chi connectivity index (χ2v) is 15.2. The van der Waals surface area contributed by atoms with Crippen molar-refractivity contribution in [2.24, 2.45) is 0 Å². The fourth-order valence-electron chi connectivity index (χ4n) is 9.68. The fourth-order valence-corrected chi connectivity index (χ4v) is 9.68. The quantitative estimate of drug-likeness (QED) is 0.147. The highest BCUT2D eigenvalue weighted by Crippen LogP contribution is 2.60. The van der Waals surface area contributed by atoms with E-state index in [0.717, 1.165) is 17.1 Å². The number of anilines is 3. The zero-order valence-corrected chi connectivity index (χ0v) is 32.0. The summed E-state index contributed by atoms with van der Waals surface area (Å²) in [5, 5.41) is 5.00. The van der Waals surface area contributed by atoms with Crippen molar-refractivity contribution in [3.8, 4) is 33.4 Å². The molecule has 58 heavy (non-hydrogen) atoms. The van der Waals surface area contributed by atoms with Crippen LogP contribution in [0.5, 0.6) is 0 Å². The van der Waals surface area contributed by atoms with Crippen LogP contribution in [0, 0.1) is 0 Å². The van der Waals surface area contributed by atoms with Crippen molar-refractivity contribution >= 4 is 38.6 Å². The van der Waals surface area contributed by atoms with Crippen molar-refractivity contribution in [3.05, 3.63) is 259 Å². The van der Waals surface area contributed by atoms with Gasteiger partial charge in [0.25, 0.3) is 0 Å². The van der Waals surface area contributed by atoms with Gasteiger partial charge in [-0.3, -0.25) is 0 Å². The van der Waals surface area contributed by atoms with Crippen LogP contribution in [0.4, 0.5) is 17.1 Å². The van der Waals surface area contributed by atoms with Gasteiger partial charge in [0.15, 0.2) is 0 Å². The zero-order chi connectivity index (χ0) is 38.5. The Hall–Kier alpha value is -7.48. The molecule has 0 saturated carbocycles. The summed E-state index contributed by atoms with van der Waals surface area (Å²) in [6.07, 6.45) is 0. The maximum atomic E-state index is 2.51. The van der Waals surface area contributed by atoms with E-state index in [-0.39, 0.29) is 0 Å². The summed E-state index contributed by atoms with van der Waals surface area (Å²) in [4.78, 5) is 2.51. The number of hydrogen-bond donors (Lipinski definition) is 0. The lowest BCUT2D eigenvalue weighted by Crippen LogP contribution is -2.28. The smallest absolute Gasteiger partial charge is 0.0714 e. The molecule has 0 bridgehead atoms. The summed E-state index contributed by atoms with van der Waals surface area (Å²) >= 11 is 0. The predicted molar refractivity (Wildman–Crippen MR) is 244 cm³/mol. The molecule has 0 aliphatic heterocycles. The number of nitrogens with zero attached hydrogens (tertiary/aromatic N) is 1. The summed E-state index contributed by atoms with van der Waals surface area (Å²) in [6.45, 7) is 0. The molecule has 0 aromatic heterocycles. The molecule has 1 aliphatic carbocycles. The van der Waals surface area contributed by atoms with E-state index in [0.29, 0.717) is 0 Å². The summed E-state index contributed by atoms with van der Waals surface area (Å²) in [5.41, 5.74) is 15.2. The van der Waals surface area contributed by atoms with Gasteiger partial charge in [-0.05, 0) is 96.4 Å². The summed E-state index contributed by atoms with van der Waals surface area (Å²) < 4.78 is 0. The van der Waals surface area contributed by atoms with Crippen LogP contribution in [0.2, 0.25) is 0 Å². The molecular formula is C57H39N. The second-order valence-electron chi connectivity index (χ2n) is 15.2. The Labute approximate surface area is 339 Å². The Morgan fingerprint density at radius 3 is 1.55 bits per heavy atom. The third kappa shape index (κ3) is 5.25. The van der Waals surface area contributed by atoms with Gasteiger partial charge in [-0.25, -0.2) is 0 Å². The molecule has 0 amide bonds. The largest absolute Gasteiger partial charge is 0.309 e. The Kier molecular flexibility index (Phi) is 8.12. The third-order valence-electron chi connectivity index (χ3n) is 12.1. The molecule has 0 fully saturated rings. The minimum Gasteiger partial charge on any atom is -0.309 e. The van der Waals surface area contributed by atoms with E-state index >= 15 is 0 Å². The van der Waals surface area contributed by atoms with Crippen LogP contribution in [0.3, 0.4) is 0 Å². The van der Waals surface area contributed by atoms with E-state index < -0.39 is 5.41 Å². The lowest BCUT2D eigenvalue weighted by atomic mass is 9.68. The second kappa shape index (κ2) is 13.9. The first kappa shape index (κ1) is 33.8.